The third-order valence-corrected chi connectivity index (χ3v) is 4.51. The molecule has 1 aliphatic rings. The lowest BCUT2D eigenvalue weighted by molar-refractivity contribution is -0.117. The van der Waals surface area contributed by atoms with Crippen molar-refractivity contribution in [3.05, 3.63) is 65.2 Å². The molecular formula is C21H21NO4. The van der Waals surface area contributed by atoms with E-state index in [1.165, 1.54) is 0 Å². The first-order valence-corrected chi connectivity index (χ1v) is 8.78. The third kappa shape index (κ3) is 3.99. The minimum absolute atomic E-state index is 0.104. The zero-order valence-electron chi connectivity index (χ0n) is 14.7. The summed E-state index contributed by atoms with van der Waals surface area (Å²) in [5.74, 6) is -0.685. The van der Waals surface area contributed by atoms with Gasteiger partial charge in [-0.2, -0.15) is 0 Å². The van der Waals surface area contributed by atoms with Crippen molar-refractivity contribution in [2.24, 2.45) is 0 Å². The lowest BCUT2D eigenvalue weighted by Crippen LogP contribution is -2.23. The number of carbonyl (C=O) groups excluding carboxylic acids is 3. The fraction of sp³-hybridized carbons (Fsp3) is 0.286. The molecule has 0 N–H and O–H groups in total. The van der Waals surface area contributed by atoms with Gasteiger partial charge >= 0.3 is 5.97 Å². The number of carbonyl (C=O) groups is 3. The topological polar surface area (TPSA) is 63.7 Å². The Kier molecular flexibility index (Phi) is 5.46. The third-order valence-electron chi connectivity index (χ3n) is 4.51. The van der Waals surface area contributed by atoms with Crippen molar-refractivity contribution in [1.82, 2.24) is 0 Å². The van der Waals surface area contributed by atoms with E-state index in [1.807, 2.05) is 19.1 Å². The Balaban J connectivity index is 1.57. The average Bonchev–Trinajstić information content (AvgIpc) is 3.12. The number of benzene rings is 2. The molecule has 5 heteroatoms. The first-order valence-electron chi connectivity index (χ1n) is 8.78. The highest BCUT2D eigenvalue weighted by Crippen LogP contribution is 2.21. The van der Waals surface area contributed by atoms with Gasteiger partial charge < -0.3 is 9.64 Å². The molecule has 2 aromatic rings. The highest BCUT2D eigenvalue weighted by molar-refractivity contribution is 6.00. The largest absolute Gasteiger partial charge is 0.454 e. The molecule has 1 saturated heterocycles. The van der Waals surface area contributed by atoms with E-state index >= 15 is 0 Å². The molecule has 0 aromatic heterocycles. The number of Topliss-reactive ketones (excluding diaryl/α,β-unsaturated/α-hetero) is 1. The number of rotatable bonds is 6. The Morgan fingerprint density at radius 3 is 2.23 bits per heavy atom. The Morgan fingerprint density at radius 2 is 1.65 bits per heavy atom. The molecule has 0 atom stereocenters. The van der Waals surface area contributed by atoms with E-state index < -0.39 is 5.97 Å². The monoisotopic (exact) mass is 351 g/mol. The van der Waals surface area contributed by atoms with Crippen LogP contribution in [0.2, 0.25) is 0 Å². The van der Waals surface area contributed by atoms with Gasteiger partial charge in [-0.1, -0.05) is 19.1 Å². The number of amides is 1. The van der Waals surface area contributed by atoms with Crippen molar-refractivity contribution >= 4 is 23.3 Å². The molecular weight excluding hydrogens is 330 g/mol. The quantitative estimate of drug-likeness (QED) is 0.591. The van der Waals surface area contributed by atoms with E-state index in [2.05, 4.69) is 0 Å². The maximum absolute atomic E-state index is 12.2. The number of esters is 1. The SMILES string of the molecule is CCc1ccc(C(=O)OCC(=O)c2ccc(N3CCCC3=O)cc2)cc1. The molecule has 0 spiro atoms. The summed E-state index contributed by atoms with van der Waals surface area (Å²) in [7, 11) is 0. The second-order valence-electron chi connectivity index (χ2n) is 6.25. The van der Waals surface area contributed by atoms with Gasteiger partial charge in [0.25, 0.3) is 0 Å². The van der Waals surface area contributed by atoms with E-state index in [9.17, 15) is 14.4 Å². The molecule has 26 heavy (non-hydrogen) atoms. The second kappa shape index (κ2) is 7.95. The summed E-state index contributed by atoms with van der Waals surface area (Å²) in [5.41, 5.74) is 2.80. The maximum atomic E-state index is 12.2. The number of hydrogen-bond donors (Lipinski definition) is 0. The molecule has 1 fully saturated rings. The number of nitrogens with zero attached hydrogens (tertiary/aromatic N) is 1. The maximum Gasteiger partial charge on any atom is 0.338 e. The van der Waals surface area contributed by atoms with E-state index in [-0.39, 0.29) is 18.3 Å². The first-order chi connectivity index (χ1) is 12.6. The number of ether oxygens (including phenoxy) is 1. The van der Waals surface area contributed by atoms with Crippen LogP contribution in [0, 0.1) is 0 Å². The highest BCUT2D eigenvalue weighted by atomic mass is 16.5. The van der Waals surface area contributed by atoms with Crippen LogP contribution >= 0.6 is 0 Å². The molecule has 0 bridgehead atoms. The van der Waals surface area contributed by atoms with E-state index in [0.29, 0.717) is 24.1 Å². The van der Waals surface area contributed by atoms with Gasteiger partial charge in [0.2, 0.25) is 5.91 Å². The zero-order chi connectivity index (χ0) is 18.5. The predicted molar refractivity (Wildman–Crippen MR) is 98.5 cm³/mol. The minimum atomic E-state index is -0.514. The molecule has 0 radical (unpaired) electrons. The first kappa shape index (κ1) is 17.9. The summed E-state index contributed by atoms with van der Waals surface area (Å²) in [6.07, 6.45) is 2.32. The molecule has 0 aliphatic carbocycles. The van der Waals surface area contributed by atoms with Gasteiger partial charge in [0.1, 0.15) is 0 Å². The molecule has 1 aliphatic heterocycles. The zero-order valence-corrected chi connectivity index (χ0v) is 14.7. The van der Waals surface area contributed by atoms with Crippen molar-refractivity contribution in [2.45, 2.75) is 26.2 Å². The minimum Gasteiger partial charge on any atom is -0.454 e. The number of ketones is 1. The van der Waals surface area contributed by atoms with Gasteiger partial charge in [0, 0.05) is 24.2 Å². The summed E-state index contributed by atoms with van der Waals surface area (Å²) in [6.45, 7) is 2.44. The number of aryl methyl sites for hydroxylation is 1. The number of hydrogen-bond acceptors (Lipinski definition) is 4. The smallest absolute Gasteiger partial charge is 0.338 e. The molecule has 0 saturated carbocycles. The molecule has 0 unspecified atom stereocenters. The standard InChI is InChI=1S/C21H21NO4/c1-2-15-5-7-17(8-6-15)21(25)26-14-19(23)16-9-11-18(12-10-16)22-13-3-4-20(22)24/h5-12H,2-4,13-14H2,1H3. The summed E-state index contributed by atoms with van der Waals surface area (Å²) in [6, 6.07) is 14.0. The molecule has 2 aromatic carbocycles. The van der Waals surface area contributed by atoms with Gasteiger partial charge in [-0.25, -0.2) is 4.79 Å². The van der Waals surface area contributed by atoms with E-state index in [1.54, 1.807) is 41.3 Å². The molecule has 1 amide bonds. The predicted octanol–water partition coefficient (Wildman–Crippen LogP) is 3.42. The van der Waals surface area contributed by atoms with Gasteiger partial charge in [-0.05, 0) is 54.8 Å². The van der Waals surface area contributed by atoms with Crippen LogP contribution in [0.25, 0.3) is 0 Å². The molecule has 134 valence electrons. The Morgan fingerprint density at radius 1 is 1.00 bits per heavy atom. The molecule has 1 heterocycles. The average molecular weight is 351 g/mol. The lowest BCUT2D eigenvalue weighted by Gasteiger charge is -2.15. The van der Waals surface area contributed by atoms with E-state index in [0.717, 1.165) is 24.1 Å². The molecule has 3 rings (SSSR count). The Bertz CT molecular complexity index is 809. The Hall–Kier alpha value is -2.95. The normalized spacial score (nSPS) is 13.7. The van der Waals surface area contributed by atoms with Gasteiger partial charge in [0.05, 0.1) is 5.56 Å². The number of anilines is 1. The van der Waals surface area contributed by atoms with Crippen LogP contribution in [0.4, 0.5) is 5.69 Å². The fourth-order valence-electron chi connectivity index (χ4n) is 2.92. The summed E-state index contributed by atoms with van der Waals surface area (Å²) in [4.78, 5) is 37.7. The highest BCUT2D eigenvalue weighted by Gasteiger charge is 2.21. The van der Waals surface area contributed by atoms with Gasteiger partial charge in [-0.15, -0.1) is 0 Å². The lowest BCUT2D eigenvalue weighted by atomic mass is 10.1. The van der Waals surface area contributed by atoms with Crippen molar-refractivity contribution in [3.8, 4) is 0 Å². The second-order valence-corrected chi connectivity index (χ2v) is 6.25. The summed E-state index contributed by atoms with van der Waals surface area (Å²) in [5, 5.41) is 0. The van der Waals surface area contributed by atoms with Crippen molar-refractivity contribution < 1.29 is 19.1 Å². The Labute approximate surface area is 152 Å². The summed E-state index contributed by atoms with van der Waals surface area (Å²) < 4.78 is 5.11. The van der Waals surface area contributed by atoms with Crippen LogP contribution in [0.3, 0.4) is 0 Å². The van der Waals surface area contributed by atoms with Crippen molar-refractivity contribution in [2.75, 3.05) is 18.1 Å². The van der Waals surface area contributed by atoms with Crippen LogP contribution in [-0.4, -0.2) is 30.8 Å². The van der Waals surface area contributed by atoms with Crippen molar-refractivity contribution in [1.29, 1.82) is 0 Å². The summed E-state index contributed by atoms with van der Waals surface area (Å²) >= 11 is 0. The van der Waals surface area contributed by atoms with Gasteiger partial charge in [0.15, 0.2) is 12.4 Å². The van der Waals surface area contributed by atoms with Crippen LogP contribution < -0.4 is 4.90 Å². The van der Waals surface area contributed by atoms with Gasteiger partial charge in [-0.3, -0.25) is 9.59 Å². The van der Waals surface area contributed by atoms with Crippen LogP contribution in [-0.2, 0) is 16.0 Å². The van der Waals surface area contributed by atoms with Crippen LogP contribution in [0.15, 0.2) is 48.5 Å². The van der Waals surface area contributed by atoms with E-state index in [4.69, 9.17) is 4.74 Å². The molecule has 5 nitrogen and oxygen atoms in total. The van der Waals surface area contributed by atoms with Crippen molar-refractivity contribution in [3.63, 3.8) is 0 Å². The van der Waals surface area contributed by atoms with Crippen LogP contribution in [0.5, 0.6) is 0 Å². The fourth-order valence-corrected chi connectivity index (χ4v) is 2.92. The van der Waals surface area contributed by atoms with Crippen LogP contribution in [0.1, 0.15) is 46.0 Å².